The van der Waals surface area contributed by atoms with E-state index in [4.69, 9.17) is 0 Å². The topological polar surface area (TPSA) is 32.3 Å². The minimum Gasteiger partial charge on any atom is -0.342 e. The summed E-state index contributed by atoms with van der Waals surface area (Å²) >= 11 is 0. The summed E-state index contributed by atoms with van der Waals surface area (Å²) in [5, 5.41) is 3.17. The molecular formula is C21H29F3N2O. The van der Waals surface area contributed by atoms with Crippen LogP contribution >= 0.6 is 0 Å². The Hall–Kier alpha value is -1.56. The third-order valence-electron chi connectivity index (χ3n) is 6.31. The molecule has 2 aliphatic rings. The Morgan fingerprint density at radius 3 is 2.48 bits per heavy atom. The second kappa shape index (κ2) is 8.21. The van der Waals surface area contributed by atoms with Crippen molar-refractivity contribution in [1.82, 2.24) is 10.2 Å². The normalized spacial score (nSPS) is 20.8. The minimum atomic E-state index is -4.38. The van der Waals surface area contributed by atoms with Gasteiger partial charge in [0, 0.05) is 13.1 Å². The average Bonchev–Trinajstić information content (AvgIpc) is 3.17. The van der Waals surface area contributed by atoms with Gasteiger partial charge in [-0.15, -0.1) is 0 Å². The van der Waals surface area contributed by atoms with Crippen LogP contribution in [0.1, 0.15) is 56.1 Å². The van der Waals surface area contributed by atoms with E-state index in [1.807, 2.05) is 11.9 Å². The van der Waals surface area contributed by atoms with Crippen LogP contribution in [0, 0.1) is 5.92 Å². The Morgan fingerprint density at radius 2 is 1.89 bits per heavy atom. The SMILES string of the molecule is CNCCC1CCN(C(=O)C2(c3cccc(C(F)(F)F)c3)CCCC2)CC1. The number of likely N-dealkylation sites (tertiary alicyclic amines) is 1. The first kappa shape index (κ1) is 20.2. The van der Waals surface area contributed by atoms with E-state index in [1.54, 1.807) is 6.07 Å². The molecule has 3 rings (SSSR count). The van der Waals surface area contributed by atoms with Gasteiger partial charge in [-0.05, 0) is 63.2 Å². The number of carbonyl (C=O) groups is 1. The van der Waals surface area contributed by atoms with Gasteiger partial charge in [-0.2, -0.15) is 13.2 Å². The van der Waals surface area contributed by atoms with E-state index < -0.39 is 17.2 Å². The molecule has 1 aliphatic carbocycles. The van der Waals surface area contributed by atoms with Crippen molar-refractivity contribution in [3.63, 3.8) is 0 Å². The van der Waals surface area contributed by atoms with Gasteiger partial charge in [-0.25, -0.2) is 0 Å². The highest BCUT2D eigenvalue weighted by Crippen LogP contribution is 2.44. The third kappa shape index (κ3) is 4.31. The summed E-state index contributed by atoms with van der Waals surface area (Å²) in [7, 11) is 1.94. The molecule has 1 aliphatic heterocycles. The molecule has 0 spiro atoms. The zero-order valence-electron chi connectivity index (χ0n) is 15.9. The fourth-order valence-electron chi connectivity index (χ4n) is 4.67. The van der Waals surface area contributed by atoms with E-state index in [0.29, 0.717) is 37.4 Å². The molecule has 1 N–H and O–H groups in total. The minimum absolute atomic E-state index is 0.0337. The summed E-state index contributed by atoms with van der Waals surface area (Å²) in [6.07, 6.45) is 1.75. The van der Waals surface area contributed by atoms with Gasteiger partial charge in [0.25, 0.3) is 0 Å². The van der Waals surface area contributed by atoms with E-state index in [1.165, 1.54) is 12.1 Å². The van der Waals surface area contributed by atoms with Gasteiger partial charge in [-0.3, -0.25) is 4.79 Å². The van der Waals surface area contributed by atoms with Crippen molar-refractivity contribution in [2.45, 2.75) is 56.5 Å². The summed E-state index contributed by atoms with van der Waals surface area (Å²) < 4.78 is 39.5. The van der Waals surface area contributed by atoms with Crippen LogP contribution in [0.4, 0.5) is 13.2 Å². The number of nitrogens with zero attached hydrogens (tertiary/aromatic N) is 1. The van der Waals surface area contributed by atoms with Crippen molar-refractivity contribution in [1.29, 1.82) is 0 Å². The Balaban J connectivity index is 1.78. The fourth-order valence-corrected chi connectivity index (χ4v) is 4.67. The highest BCUT2D eigenvalue weighted by molar-refractivity contribution is 5.88. The zero-order chi connectivity index (χ0) is 19.5. The number of piperidine rings is 1. The largest absolute Gasteiger partial charge is 0.416 e. The summed E-state index contributed by atoms with van der Waals surface area (Å²) in [6, 6.07) is 5.43. The van der Waals surface area contributed by atoms with E-state index >= 15 is 0 Å². The quantitative estimate of drug-likeness (QED) is 0.820. The molecule has 6 heteroatoms. The number of benzene rings is 1. The average molecular weight is 382 g/mol. The van der Waals surface area contributed by atoms with Crippen molar-refractivity contribution in [2.75, 3.05) is 26.7 Å². The van der Waals surface area contributed by atoms with Crippen LogP contribution in [0.2, 0.25) is 0 Å². The Bertz CT molecular complexity index is 645. The van der Waals surface area contributed by atoms with Crippen molar-refractivity contribution >= 4 is 5.91 Å². The number of halogens is 3. The summed E-state index contributed by atoms with van der Waals surface area (Å²) in [4.78, 5) is 15.3. The summed E-state index contributed by atoms with van der Waals surface area (Å²) in [6.45, 7) is 2.41. The molecule has 27 heavy (non-hydrogen) atoms. The molecule has 0 unspecified atom stereocenters. The van der Waals surface area contributed by atoms with Crippen LogP contribution in [-0.4, -0.2) is 37.5 Å². The number of amides is 1. The van der Waals surface area contributed by atoms with Gasteiger partial charge >= 0.3 is 6.18 Å². The van der Waals surface area contributed by atoms with Gasteiger partial charge in [0.2, 0.25) is 5.91 Å². The lowest BCUT2D eigenvalue weighted by Gasteiger charge is -2.39. The number of nitrogens with one attached hydrogen (secondary N) is 1. The molecule has 0 atom stereocenters. The number of rotatable bonds is 5. The molecule has 0 radical (unpaired) electrons. The Labute approximate surface area is 159 Å². The second-order valence-electron chi connectivity index (χ2n) is 8.00. The number of alkyl halides is 3. The molecule has 150 valence electrons. The van der Waals surface area contributed by atoms with Crippen molar-refractivity contribution in [3.05, 3.63) is 35.4 Å². The van der Waals surface area contributed by atoms with Gasteiger partial charge < -0.3 is 10.2 Å². The monoisotopic (exact) mass is 382 g/mol. The Morgan fingerprint density at radius 1 is 1.22 bits per heavy atom. The predicted octanol–water partition coefficient (Wildman–Crippen LogP) is 4.37. The van der Waals surface area contributed by atoms with E-state index in [2.05, 4.69) is 5.32 Å². The van der Waals surface area contributed by atoms with Gasteiger partial charge in [-0.1, -0.05) is 31.0 Å². The summed E-state index contributed by atoms with van der Waals surface area (Å²) in [5.41, 5.74) is -0.902. The van der Waals surface area contributed by atoms with Crippen molar-refractivity contribution in [3.8, 4) is 0 Å². The molecule has 1 heterocycles. The lowest BCUT2D eigenvalue weighted by Crippen LogP contribution is -2.48. The maximum Gasteiger partial charge on any atom is 0.416 e. The van der Waals surface area contributed by atoms with Gasteiger partial charge in [0.05, 0.1) is 11.0 Å². The third-order valence-corrected chi connectivity index (χ3v) is 6.31. The molecule has 1 aromatic rings. The maximum atomic E-state index is 13.4. The molecular weight excluding hydrogens is 353 g/mol. The van der Waals surface area contributed by atoms with Crippen LogP contribution < -0.4 is 5.32 Å². The van der Waals surface area contributed by atoms with Gasteiger partial charge in [0.15, 0.2) is 0 Å². The predicted molar refractivity (Wildman–Crippen MR) is 99.4 cm³/mol. The van der Waals surface area contributed by atoms with Gasteiger partial charge in [0.1, 0.15) is 0 Å². The maximum absolute atomic E-state index is 13.4. The van der Waals surface area contributed by atoms with Crippen LogP contribution in [-0.2, 0) is 16.4 Å². The molecule has 1 saturated carbocycles. The first-order valence-electron chi connectivity index (χ1n) is 9.98. The van der Waals surface area contributed by atoms with Crippen LogP contribution in [0.15, 0.2) is 24.3 Å². The van der Waals surface area contributed by atoms with E-state index in [9.17, 15) is 18.0 Å². The number of carbonyl (C=O) groups excluding carboxylic acids is 1. The van der Waals surface area contributed by atoms with Crippen LogP contribution in [0.25, 0.3) is 0 Å². The fraction of sp³-hybridized carbons (Fsp3) is 0.667. The molecule has 0 aromatic heterocycles. The number of hydrogen-bond donors (Lipinski definition) is 1. The molecule has 0 bridgehead atoms. The first-order valence-corrected chi connectivity index (χ1v) is 9.98. The lowest BCUT2D eigenvalue weighted by molar-refractivity contribution is -0.140. The van der Waals surface area contributed by atoms with Crippen LogP contribution in [0.5, 0.6) is 0 Å². The second-order valence-corrected chi connectivity index (χ2v) is 8.00. The number of hydrogen-bond acceptors (Lipinski definition) is 2. The molecule has 2 fully saturated rings. The summed E-state index contributed by atoms with van der Waals surface area (Å²) in [5.74, 6) is 0.654. The van der Waals surface area contributed by atoms with E-state index in [-0.39, 0.29) is 5.91 Å². The highest BCUT2D eigenvalue weighted by Gasteiger charge is 2.46. The smallest absolute Gasteiger partial charge is 0.342 e. The molecule has 1 saturated heterocycles. The van der Waals surface area contributed by atoms with Crippen molar-refractivity contribution < 1.29 is 18.0 Å². The van der Waals surface area contributed by atoms with Crippen LogP contribution in [0.3, 0.4) is 0 Å². The van der Waals surface area contributed by atoms with Crippen molar-refractivity contribution in [2.24, 2.45) is 5.92 Å². The first-order chi connectivity index (χ1) is 12.9. The molecule has 1 amide bonds. The lowest BCUT2D eigenvalue weighted by atomic mass is 9.76. The Kier molecular flexibility index (Phi) is 6.14. The molecule has 3 nitrogen and oxygen atoms in total. The zero-order valence-corrected chi connectivity index (χ0v) is 15.9. The molecule has 1 aromatic carbocycles. The standard InChI is InChI=1S/C21H29F3N2O/c1-25-12-7-16-8-13-26(14-9-16)19(27)20(10-2-3-11-20)17-5-4-6-18(15-17)21(22,23)24/h4-6,15-16,25H,2-3,7-14H2,1H3. The highest BCUT2D eigenvalue weighted by atomic mass is 19.4. The van der Waals surface area contributed by atoms with E-state index in [0.717, 1.165) is 44.7 Å².